The zero-order chi connectivity index (χ0) is 13.8. The average molecular weight is 291 g/mol. The van der Waals surface area contributed by atoms with E-state index >= 15 is 0 Å². The lowest BCUT2D eigenvalue weighted by molar-refractivity contribution is 0.597. The highest BCUT2D eigenvalue weighted by Gasteiger charge is 2.15. The van der Waals surface area contributed by atoms with E-state index in [1.54, 1.807) is 25.1 Å². The van der Waals surface area contributed by atoms with Crippen LogP contribution in [0.25, 0.3) is 0 Å². The molecule has 0 heterocycles. The normalized spacial score (nSPS) is 12.3. The average Bonchev–Trinajstić information content (AvgIpc) is 2.28. The minimum atomic E-state index is -3.31. The Kier molecular flexibility index (Phi) is 4.75. The maximum absolute atomic E-state index is 11.8. The number of benzene rings is 1. The van der Waals surface area contributed by atoms with Crippen LogP contribution in [-0.2, 0) is 19.7 Å². The van der Waals surface area contributed by atoms with Gasteiger partial charge < -0.3 is 5.32 Å². The first-order valence-corrected chi connectivity index (χ1v) is 9.21. The Morgan fingerprint density at radius 1 is 1.11 bits per heavy atom. The molecule has 0 aliphatic rings. The SMILES string of the molecule is CCS(=O)(=O)c1ccccc1NCCS(C)(=O)=O. The summed E-state index contributed by atoms with van der Waals surface area (Å²) < 4.78 is 45.6. The summed E-state index contributed by atoms with van der Waals surface area (Å²) in [7, 11) is -6.37. The molecule has 1 N–H and O–H groups in total. The van der Waals surface area contributed by atoms with Gasteiger partial charge in [0.25, 0.3) is 0 Å². The summed E-state index contributed by atoms with van der Waals surface area (Å²) in [4.78, 5) is 0.209. The van der Waals surface area contributed by atoms with Crippen molar-refractivity contribution >= 4 is 25.4 Å². The number of rotatable bonds is 6. The number of nitrogens with one attached hydrogen (secondary N) is 1. The van der Waals surface area contributed by atoms with Gasteiger partial charge >= 0.3 is 0 Å². The molecule has 18 heavy (non-hydrogen) atoms. The van der Waals surface area contributed by atoms with E-state index in [9.17, 15) is 16.8 Å². The zero-order valence-corrected chi connectivity index (χ0v) is 12.0. The van der Waals surface area contributed by atoms with E-state index in [1.165, 1.54) is 6.07 Å². The lowest BCUT2D eigenvalue weighted by Gasteiger charge is -2.11. The van der Waals surface area contributed by atoms with Crippen LogP contribution in [0.5, 0.6) is 0 Å². The Hall–Kier alpha value is -1.08. The molecule has 7 heteroatoms. The summed E-state index contributed by atoms with van der Waals surface area (Å²) in [5.41, 5.74) is 0.447. The van der Waals surface area contributed by atoms with Crippen LogP contribution in [0.4, 0.5) is 5.69 Å². The number of hydrogen-bond donors (Lipinski definition) is 1. The third-order valence-electron chi connectivity index (χ3n) is 2.39. The standard InChI is InChI=1S/C11H17NO4S2/c1-3-18(15,16)11-7-5-4-6-10(11)12-8-9-17(2,13)14/h4-7,12H,3,8-9H2,1-2H3. The molecule has 0 fully saturated rings. The topological polar surface area (TPSA) is 80.3 Å². The summed E-state index contributed by atoms with van der Waals surface area (Å²) in [5, 5.41) is 2.85. The first-order chi connectivity index (χ1) is 8.26. The van der Waals surface area contributed by atoms with E-state index in [-0.39, 0.29) is 22.9 Å². The number of para-hydroxylation sites is 1. The minimum absolute atomic E-state index is 0.0117. The van der Waals surface area contributed by atoms with Gasteiger partial charge in [-0.15, -0.1) is 0 Å². The molecule has 0 aliphatic heterocycles. The number of hydrogen-bond acceptors (Lipinski definition) is 5. The van der Waals surface area contributed by atoms with Gasteiger partial charge in [0.2, 0.25) is 0 Å². The molecular formula is C11H17NO4S2. The largest absolute Gasteiger partial charge is 0.383 e. The van der Waals surface area contributed by atoms with Crippen LogP contribution < -0.4 is 5.32 Å². The molecule has 1 aromatic rings. The van der Waals surface area contributed by atoms with Crippen LogP contribution in [0.1, 0.15) is 6.92 Å². The van der Waals surface area contributed by atoms with Crippen molar-refractivity contribution in [3.8, 4) is 0 Å². The van der Waals surface area contributed by atoms with Gasteiger partial charge in [-0.25, -0.2) is 16.8 Å². The van der Waals surface area contributed by atoms with Crippen LogP contribution in [0, 0.1) is 0 Å². The molecule has 102 valence electrons. The number of anilines is 1. The van der Waals surface area contributed by atoms with Gasteiger partial charge in [0.15, 0.2) is 9.84 Å². The van der Waals surface area contributed by atoms with Crippen LogP contribution in [-0.4, -0.2) is 41.1 Å². The molecule has 0 unspecified atom stereocenters. The molecule has 0 saturated heterocycles. The summed E-state index contributed by atoms with van der Waals surface area (Å²) in [6.07, 6.45) is 1.14. The first kappa shape index (κ1) is 15.0. The highest BCUT2D eigenvalue weighted by molar-refractivity contribution is 7.91. The lowest BCUT2D eigenvalue weighted by atomic mass is 10.3. The van der Waals surface area contributed by atoms with Crippen molar-refractivity contribution in [3.63, 3.8) is 0 Å². The molecular weight excluding hydrogens is 274 g/mol. The van der Waals surface area contributed by atoms with E-state index in [4.69, 9.17) is 0 Å². The highest BCUT2D eigenvalue weighted by atomic mass is 32.2. The molecule has 1 aromatic carbocycles. The second kappa shape index (κ2) is 5.71. The van der Waals surface area contributed by atoms with Crippen molar-refractivity contribution in [1.29, 1.82) is 0 Å². The maximum atomic E-state index is 11.8. The second-order valence-corrected chi connectivity index (χ2v) is 8.46. The van der Waals surface area contributed by atoms with E-state index < -0.39 is 19.7 Å². The molecule has 0 amide bonds. The zero-order valence-electron chi connectivity index (χ0n) is 10.4. The second-order valence-electron chi connectivity index (χ2n) is 3.96. The number of sulfone groups is 2. The monoisotopic (exact) mass is 291 g/mol. The van der Waals surface area contributed by atoms with Gasteiger partial charge in [0, 0.05) is 12.8 Å². The Labute approximate surface area is 108 Å². The van der Waals surface area contributed by atoms with Gasteiger partial charge in [-0.2, -0.15) is 0 Å². The van der Waals surface area contributed by atoms with E-state index in [0.717, 1.165) is 6.26 Å². The van der Waals surface area contributed by atoms with Gasteiger partial charge in [-0.1, -0.05) is 19.1 Å². The van der Waals surface area contributed by atoms with Crippen molar-refractivity contribution in [3.05, 3.63) is 24.3 Å². The smallest absolute Gasteiger partial charge is 0.180 e. The summed E-state index contributed by atoms with van der Waals surface area (Å²) in [5.74, 6) is -0.0225. The van der Waals surface area contributed by atoms with E-state index in [0.29, 0.717) is 5.69 Å². The van der Waals surface area contributed by atoms with Crippen LogP contribution in [0.15, 0.2) is 29.2 Å². The van der Waals surface area contributed by atoms with Gasteiger partial charge in [0.05, 0.1) is 22.1 Å². The highest BCUT2D eigenvalue weighted by Crippen LogP contribution is 2.21. The van der Waals surface area contributed by atoms with Crippen molar-refractivity contribution in [2.45, 2.75) is 11.8 Å². The molecule has 0 atom stereocenters. The molecule has 0 radical (unpaired) electrons. The Morgan fingerprint density at radius 3 is 2.28 bits per heavy atom. The maximum Gasteiger partial charge on any atom is 0.180 e. The molecule has 0 saturated carbocycles. The third kappa shape index (κ3) is 4.30. The lowest BCUT2D eigenvalue weighted by Crippen LogP contribution is -2.16. The molecule has 0 aromatic heterocycles. The van der Waals surface area contributed by atoms with Crippen LogP contribution in [0.3, 0.4) is 0 Å². The van der Waals surface area contributed by atoms with Crippen molar-refractivity contribution in [2.75, 3.05) is 29.6 Å². The fourth-order valence-electron chi connectivity index (χ4n) is 1.41. The van der Waals surface area contributed by atoms with Gasteiger partial charge in [0.1, 0.15) is 9.84 Å². The molecule has 0 spiro atoms. The van der Waals surface area contributed by atoms with E-state index in [1.807, 2.05) is 0 Å². The van der Waals surface area contributed by atoms with Crippen molar-refractivity contribution < 1.29 is 16.8 Å². The van der Waals surface area contributed by atoms with Gasteiger partial charge in [-0.3, -0.25) is 0 Å². The molecule has 0 aliphatic carbocycles. The fourth-order valence-corrected chi connectivity index (χ4v) is 2.96. The summed E-state index contributed by atoms with van der Waals surface area (Å²) in [6.45, 7) is 1.76. The Balaban J connectivity index is 2.91. The molecule has 5 nitrogen and oxygen atoms in total. The Bertz CT molecular complexity index is 606. The van der Waals surface area contributed by atoms with Crippen molar-refractivity contribution in [1.82, 2.24) is 0 Å². The minimum Gasteiger partial charge on any atom is -0.383 e. The van der Waals surface area contributed by atoms with Crippen LogP contribution >= 0.6 is 0 Å². The van der Waals surface area contributed by atoms with E-state index in [2.05, 4.69) is 5.32 Å². The fraction of sp³-hybridized carbons (Fsp3) is 0.455. The molecule has 1 rings (SSSR count). The van der Waals surface area contributed by atoms with Crippen molar-refractivity contribution in [2.24, 2.45) is 0 Å². The third-order valence-corrected chi connectivity index (χ3v) is 5.12. The Morgan fingerprint density at radius 2 is 1.72 bits per heavy atom. The van der Waals surface area contributed by atoms with Crippen LogP contribution in [0.2, 0.25) is 0 Å². The first-order valence-electron chi connectivity index (χ1n) is 5.49. The molecule has 0 bridgehead atoms. The predicted octanol–water partition coefficient (Wildman–Crippen LogP) is 0.937. The summed E-state index contributed by atoms with van der Waals surface area (Å²) in [6, 6.07) is 6.49. The quantitative estimate of drug-likeness (QED) is 0.843. The predicted molar refractivity (Wildman–Crippen MR) is 72.4 cm³/mol. The van der Waals surface area contributed by atoms with Gasteiger partial charge in [-0.05, 0) is 12.1 Å². The summed E-state index contributed by atoms with van der Waals surface area (Å²) >= 11 is 0.